The molecule has 4 N–H and O–H groups in total. The molecule has 1 fully saturated rings. The summed E-state index contributed by atoms with van der Waals surface area (Å²) in [6.07, 6.45) is 1.61. The van der Waals surface area contributed by atoms with Gasteiger partial charge in [0.25, 0.3) is 17.0 Å². The van der Waals surface area contributed by atoms with Crippen LogP contribution in [-0.2, 0) is 19.2 Å². The van der Waals surface area contributed by atoms with Gasteiger partial charge in [-0.3, -0.25) is 14.5 Å². The second kappa shape index (κ2) is 10.9. The maximum Gasteiger partial charge on any atom is 0.352 e. The van der Waals surface area contributed by atoms with E-state index in [9.17, 15) is 19.5 Å². The molecule has 0 spiro atoms. The number of nitrogens with two attached hydrogens (primary N) is 1. The summed E-state index contributed by atoms with van der Waals surface area (Å²) in [5, 5.41) is 17.9. The molecule has 0 aliphatic carbocycles. The third kappa shape index (κ3) is 4.99. The molecule has 1 saturated heterocycles. The highest BCUT2D eigenvalue weighted by atomic mass is 32.2. The van der Waals surface area contributed by atoms with Crippen LogP contribution in [0.25, 0.3) is 11.3 Å². The van der Waals surface area contributed by atoms with Crippen LogP contribution >= 0.6 is 34.9 Å². The molecule has 2 aliphatic rings. The van der Waals surface area contributed by atoms with Gasteiger partial charge in [0.1, 0.15) is 29.9 Å². The van der Waals surface area contributed by atoms with Crippen molar-refractivity contribution in [3.63, 3.8) is 0 Å². The average molecular weight is 573 g/mol. The highest BCUT2D eigenvalue weighted by molar-refractivity contribution is 8.01. The molecule has 38 heavy (non-hydrogen) atoms. The molecule has 1 aromatic carbocycles. The van der Waals surface area contributed by atoms with Crippen LogP contribution in [0.2, 0.25) is 0 Å². The van der Waals surface area contributed by atoms with Crippen LogP contribution in [0, 0.1) is 0 Å². The number of thioether (sulfide) groups is 2. The molecule has 3 aromatic rings. The molecule has 2 aliphatic heterocycles. The van der Waals surface area contributed by atoms with Crippen LogP contribution in [0.5, 0.6) is 0 Å². The standard InChI is InChI=1S/C23H20N6O6S3/c1-34-28-15(13-10-37-22(24)26-13)18(30)27-16-19(31)29-17(21(32)33)12(8-36-20(16)29)9-38-23-25-7-14(35-23)11-5-3-2-4-6-11/h2-7,10,16,20H,8-9H2,1H3,(H2,24,26)(H,27,30)(H,32,33)/t16-,20+/m1/s1. The molecular weight excluding hydrogens is 552 g/mol. The Labute approximate surface area is 228 Å². The van der Waals surface area contributed by atoms with Gasteiger partial charge in [0, 0.05) is 22.4 Å². The topological polar surface area (TPSA) is 173 Å². The number of β-lactam (4-membered cyclic amide) rings is 1. The van der Waals surface area contributed by atoms with Gasteiger partial charge in [-0.05, 0) is 5.57 Å². The largest absolute Gasteiger partial charge is 0.477 e. The molecule has 15 heteroatoms. The average Bonchev–Trinajstić information content (AvgIpc) is 3.58. The Kier molecular flexibility index (Phi) is 7.40. The molecule has 0 unspecified atom stereocenters. The summed E-state index contributed by atoms with van der Waals surface area (Å²) >= 11 is 3.73. The van der Waals surface area contributed by atoms with E-state index in [-0.39, 0.29) is 28.0 Å². The highest BCUT2D eigenvalue weighted by Crippen LogP contribution is 2.41. The molecule has 2 atom stereocenters. The maximum atomic E-state index is 13.0. The van der Waals surface area contributed by atoms with Crippen molar-refractivity contribution in [1.29, 1.82) is 0 Å². The number of hydrogen-bond acceptors (Lipinski definition) is 12. The smallest absolute Gasteiger partial charge is 0.352 e. The number of oxazole rings is 1. The number of nitrogens with one attached hydrogen (secondary N) is 1. The van der Waals surface area contributed by atoms with Gasteiger partial charge >= 0.3 is 5.97 Å². The van der Waals surface area contributed by atoms with Crippen LogP contribution in [0.3, 0.4) is 0 Å². The number of oxime groups is 1. The summed E-state index contributed by atoms with van der Waals surface area (Å²) < 4.78 is 5.79. The second-order valence-corrected chi connectivity index (χ2v) is 10.9. The van der Waals surface area contributed by atoms with E-state index in [2.05, 4.69) is 20.4 Å². The number of aliphatic carboxylic acids is 1. The number of aromatic nitrogens is 2. The summed E-state index contributed by atoms with van der Waals surface area (Å²) in [7, 11) is 1.28. The number of carboxylic acid groups (broad SMARTS) is 1. The van der Waals surface area contributed by atoms with E-state index in [0.717, 1.165) is 16.9 Å². The van der Waals surface area contributed by atoms with E-state index in [4.69, 9.17) is 15.0 Å². The van der Waals surface area contributed by atoms with Crippen LogP contribution in [-0.4, -0.2) is 73.5 Å². The van der Waals surface area contributed by atoms with Gasteiger partial charge < -0.3 is 25.4 Å². The third-order valence-electron chi connectivity index (χ3n) is 5.61. The molecule has 0 bridgehead atoms. The lowest BCUT2D eigenvalue weighted by Crippen LogP contribution is -2.71. The van der Waals surface area contributed by atoms with E-state index >= 15 is 0 Å². The van der Waals surface area contributed by atoms with E-state index in [1.54, 1.807) is 11.6 Å². The highest BCUT2D eigenvalue weighted by Gasteiger charge is 2.54. The number of fused-ring (bicyclic) bond motifs is 1. The fourth-order valence-corrected chi connectivity index (χ4v) is 6.74. The molecule has 0 saturated carbocycles. The zero-order valence-corrected chi connectivity index (χ0v) is 22.1. The summed E-state index contributed by atoms with van der Waals surface area (Å²) in [5.74, 6) is -1.22. The Hall–Kier alpha value is -3.82. The van der Waals surface area contributed by atoms with Crippen molar-refractivity contribution in [2.75, 3.05) is 24.3 Å². The molecule has 2 aromatic heterocycles. The fourth-order valence-electron chi connectivity index (χ4n) is 3.91. The zero-order chi connectivity index (χ0) is 26.8. The first-order valence-electron chi connectivity index (χ1n) is 11.0. The zero-order valence-electron chi connectivity index (χ0n) is 19.7. The lowest BCUT2D eigenvalue weighted by molar-refractivity contribution is -0.150. The monoisotopic (exact) mass is 572 g/mol. The number of anilines is 1. The van der Waals surface area contributed by atoms with Crippen LogP contribution in [0.4, 0.5) is 5.13 Å². The quantitative estimate of drug-likeness (QED) is 0.149. The van der Waals surface area contributed by atoms with Crippen molar-refractivity contribution < 1.29 is 28.7 Å². The number of nitrogen functional groups attached to an aromatic ring is 1. The van der Waals surface area contributed by atoms with Crippen molar-refractivity contribution in [3.05, 3.63) is 58.9 Å². The van der Waals surface area contributed by atoms with Gasteiger partial charge in [0.05, 0.1) is 6.20 Å². The molecule has 0 radical (unpaired) electrons. The van der Waals surface area contributed by atoms with Gasteiger partial charge in [-0.15, -0.1) is 23.1 Å². The minimum absolute atomic E-state index is 0.0929. The van der Waals surface area contributed by atoms with E-state index in [0.29, 0.717) is 22.3 Å². The minimum atomic E-state index is -1.22. The van der Waals surface area contributed by atoms with Gasteiger partial charge in [-0.2, -0.15) is 0 Å². The van der Waals surface area contributed by atoms with Crippen LogP contribution < -0.4 is 11.1 Å². The lowest BCUT2D eigenvalue weighted by atomic mass is 10.0. The first kappa shape index (κ1) is 25.8. The Morgan fingerprint density at radius 1 is 1.37 bits per heavy atom. The SMILES string of the molecule is CON=C(C(=O)N[C@@H]1C(=O)N2C(C(=O)O)=C(CSc3ncc(-c4ccccc4)o3)CS[C@@H]12)c1csc(N)n1. The molecule has 12 nitrogen and oxygen atoms in total. The van der Waals surface area contributed by atoms with Crippen molar-refractivity contribution in [2.24, 2.45) is 5.16 Å². The number of hydrogen-bond donors (Lipinski definition) is 3. The second-order valence-electron chi connectivity index (χ2n) is 7.96. The maximum absolute atomic E-state index is 13.0. The Morgan fingerprint density at radius 2 is 2.16 bits per heavy atom. The van der Waals surface area contributed by atoms with Crippen molar-refractivity contribution in [2.45, 2.75) is 16.6 Å². The fraction of sp³-hybridized carbons (Fsp3) is 0.217. The van der Waals surface area contributed by atoms with E-state index in [1.165, 1.54) is 35.5 Å². The Balaban J connectivity index is 1.28. The van der Waals surface area contributed by atoms with Crippen LogP contribution in [0.1, 0.15) is 5.69 Å². The summed E-state index contributed by atoms with van der Waals surface area (Å²) in [6, 6.07) is 8.56. The van der Waals surface area contributed by atoms with Crippen LogP contribution in [0.15, 0.2) is 68.0 Å². The first-order chi connectivity index (χ1) is 18.4. The molecule has 196 valence electrons. The first-order valence-corrected chi connectivity index (χ1v) is 14.0. The number of benzene rings is 1. The number of thiazole rings is 1. The number of carbonyl (C=O) groups excluding carboxylic acids is 2. The Morgan fingerprint density at radius 3 is 2.84 bits per heavy atom. The molecule has 4 heterocycles. The molecular formula is C23H20N6O6S3. The van der Waals surface area contributed by atoms with Crippen molar-refractivity contribution in [3.8, 4) is 11.3 Å². The van der Waals surface area contributed by atoms with E-state index in [1.807, 2.05) is 30.3 Å². The third-order valence-corrected chi connectivity index (χ3v) is 8.55. The minimum Gasteiger partial charge on any atom is -0.477 e. The molecule has 2 amide bonds. The summed E-state index contributed by atoms with van der Waals surface area (Å²) in [4.78, 5) is 52.3. The van der Waals surface area contributed by atoms with Crippen molar-refractivity contribution in [1.82, 2.24) is 20.2 Å². The summed E-state index contributed by atoms with van der Waals surface area (Å²) in [5.41, 5.74) is 7.06. The number of nitrogens with zero attached hydrogens (tertiary/aromatic N) is 4. The predicted molar refractivity (Wildman–Crippen MR) is 142 cm³/mol. The van der Waals surface area contributed by atoms with Gasteiger partial charge in [-0.25, -0.2) is 14.8 Å². The van der Waals surface area contributed by atoms with Gasteiger partial charge in [-0.1, -0.05) is 47.2 Å². The summed E-state index contributed by atoms with van der Waals surface area (Å²) in [6.45, 7) is 0. The Bertz CT molecular complexity index is 1450. The number of carboxylic acids is 1. The van der Waals surface area contributed by atoms with Gasteiger partial charge in [0.15, 0.2) is 16.6 Å². The predicted octanol–water partition coefficient (Wildman–Crippen LogP) is 2.26. The number of amides is 2. The molecule has 5 rings (SSSR count). The lowest BCUT2D eigenvalue weighted by Gasteiger charge is -2.49. The number of carbonyl (C=O) groups is 3. The van der Waals surface area contributed by atoms with Crippen molar-refractivity contribution >= 4 is 63.5 Å². The van der Waals surface area contributed by atoms with E-state index < -0.39 is 29.2 Å². The normalized spacial score (nSPS) is 19.1. The van der Waals surface area contributed by atoms with Gasteiger partial charge in [0.2, 0.25) is 0 Å². The number of rotatable bonds is 9.